The van der Waals surface area contributed by atoms with Crippen LogP contribution >= 0.6 is 35.6 Å². The van der Waals surface area contributed by atoms with E-state index < -0.39 is 11.8 Å². The molecule has 1 aliphatic rings. The Morgan fingerprint density at radius 1 is 1.06 bits per heavy atom. The Balaban J connectivity index is 1.60. The van der Waals surface area contributed by atoms with Crippen LogP contribution in [0.15, 0.2) is 74.6 Å². The molecule has 0 atom stereocenters. The van der Waals surface area contributed by atoms with Crippen LogP contribution in [0.1, 0.15) is 16.9 Å². The Morgan fingerprint density at radius 3 is 2.52 bits per heavy atom. The number of carbonyl (C=O) groups is 2. The molecule has 1 aliphatic heterocycles. The van der Waals surface area contributed by atoms with Crippen LogP contribution in [0.4, 0.5) is 5.69 Å². The van der Waals surface area contributed by atoms with Crippen molar-refractivity contribution in [2.75, 3.05) is 4.90 Å². The molecule has 1 aromatic heterocycles. The lowest BCUT2D eigenvalue weighted by molar-refractivity contribution is -0.122. The average Bonchev–Trinajstić information content (AvgIpc) is 3.16. The van der Waals surface area contributed by atoms with Crippen molar-refractivity contribution in [3.63, 3.8) is 0 Å². The Bertz CT molecular complexity index is 1230. The van der Waals surface area contributed by atoms with E-state index in [9.17, 15) is 9.59 Å². The summed E-state index contributed by atoms with van der Waals surface area (Å²) in [4.78, 5) is 27.8. The van der Waals surface area contributed by atoms with Gasteiger partial charge < -0.3 is 4.42 Å². The van der Waals surface area contributed by atoms with Crippen LogP contribution in [0.2, 0.25) is 5.02 Å². The van der Waals surface area contributed by atoms with Crippen LogP contribution in [0, 0.1) is 13.8 Å². The zero-order valence-electron chi connectivity index (χ0n) is 16.6. The minimum Gasteiger partial charge on any atom is -0.450 e. The van der Waals surface area contributed by atoms with Gasteiger partial charge in [-0.25, -0.2) is 0 Å². The summed E-state index contributed by atoms with van der Waals surface area (Å²) < 4.78 is 5.80. The predicted molar refractivity (Wildman–Crippen MR) is 126 cm³/mol. The van der Waals surface area contributed by atoms with Crippen LogP contribution in [0.25, 0.3) is 6.08 Å². The minimum atomic E-state index is -0.575. The van der Waals surface area contributed by atoms with Gasteiger partial charge in [0.2, 0.25) is 0 Å². The molecule has 3 aromatic rings. The molecule has 8 heteroatoms. The number of furan rings is 1. The first-order chi connectivity index (χ1) is 14.8. The number of benzene rings is 2. The Kier molecular flexibility index (Phi) is 6.00. The summed E-state index contributed by atoms with van der Waals surface area (Å²) in [7, 11) is 0. The van der Waals surface area contributed by atoms with E-state index in [1.807, 2.05) is 38.1 Å². The van der Waals surface area contributed by atoms with E-state index in [4.69, 9.17) is 28.2 Å². The molecule has 156 valence electrons. The van der Waals surface area contributed by atoms with Gasteiger partial charge in [-0.1, -0.05) is 47.1 Å². The van der Waals surface area contributed by atoms with Crippen LogP contribution in [0.5, 0.6) is 0 Å². The second-order valence-corrected chi connectivity index (χ2v) is 8.84. The van der Waals surface area contributed by atoms with Gasteiger partial charge in [-0.15, -0.1) is 0 Å². The molecule has 0 saturated carbocycles. The highest BCUT2D eigenvalue weighted by Gasteiger charge is 2.35. The smallest absolute Gasteiger partial charge is 0.270 e. The SMILES string of the molecule is Cc1ccc(Sc2ccc(/C=C3\C(=O)NC(=S)N(c4ccc(C)c(Cl)c4)C3=O)o2)cc1. The molecule has 0 aliphatic carbocycles. The lowest BCUT2D eigenvalue weighted by atomic mass is 10.1. The number of thiocarbonyl (C=S) groups is 1. The maximum Gasteiger partial charge on any atom is 0.270 e. The maximum absolute atomic E-state index is 13.1. The van der Waals surface area contributed by atoms with Crippen LogP contribution < -0.4 is 10.2 Å². The number of hydrogen-bond donors (Lipinski definition) is 1. The molecule has 31 heavy (non-hydrogen) atoms. The zero-order chi connectivity index (χ0) is 22.1. The summed E-state index contributed by atoms with van der Waals surface area (Å²) in [5.74, 6) is -0.728. The highest BCUT2D eigenvalue weighted by Crippen LogP contribution is 2.31. The fourth-order valence-corrected chi connectivity index (χ4v) is 4.18. The first-order valence-electron chi connectivity index (χ1n) is 9.34. The van der Waals surface area contributed by atoms with E-state index in [0.717, 1.165) is 10.5 Å². The van der Waals surface area contributed by atoms with E-state index in [1.165, 1.54) is 28.3 Å². The Hall–Kier alpha value is -2.87. The van der Waals surface area contributed by atoms with E-state index in [0.29, 0.717) is 21.6 Å². The molecule has 2 amide bonds. The number of halogens is 1. The molecule has 1 saturated heterocycles. The van der Waals surface area contributed by atoms with Crippen molar-refractivity contribution in [2.24, 2.45) is 0 Å². The number of amides is 2. The Morgan fingerprint density at radius 2 is 1.81 bits per heavy atom. The first kappa shape index (κ1) is 21.4. The van der Waals surface area contributed by atoms with Crippen molar-refractivity contribution in [1.82, 2.24) is 5.32 Å². The third-order valence-electron chi connectivity index (χ3n) is 4.64. The van der Waals surface area contributed by atoms with Crippen LogP contribution in [0.3, 0.4) is 0 Å². The number of hydrogen-bond acceptors (Lipinski definition) is 5. The molecule has 0 radical (unpaired) electrons. The number of anilines is 1. The lowest BCUT2D eigenvalue weighted by Gasteiger charge is -2.29. The molecular formula is C23H17ClN2O3S2. The lowest BCUT2D eigenvalue weighted by Crippen LogP contribution is -2.54. The molecule has 0 bridgehead atoms. The third kappa shape index (κ3) is 4.58. The normalized spacial score (nSPS) is 15.5. The van der Waals surface area contributed by atoms with Crippen LogP contribution in [-0.2, 0) is 9.59 Å². The van der Waals surface area contributed by atoms with Gasteiger partial charge in [0.15, 0.2) is 10.2 Å². The predicted octanol–water partition coefficient (Wildman–Crippen LogP) is 5.53. The van der Waals surface area contributed by atoms with Gasteiger partial charge in [0.25, 0.3) is 11.8 Å². The second kappa shape index (κ2) is 8.70. The summed E-state index contributed by atoms with van der Waals surface area (Å²) in [6.45, 7) is 3.88. The molecule has 0 unspecified atom stereocenters. The van der Waals surface area contributed by atoms with E-state index >= 15 is 0 Å². The third-order valence-corrected chi connectivity index (χ3v) is 6.26. The molecule has 1 fully saturated rings. The number of nitrogens with one attached hydrogen (secondary N) is 1. The minimum absolute atomic E-state index is 0.00197. The first-order valence-corrected chi connectivity index (χ1v) is 10.9. The topological polar surface area (TPSA) is 62.6 Å². The summed E-state index contributed by atoms with van der Waals surface area (Å²) >= 11 is 12.9. The highest BCUT2D eigenvalue weighted by molar-refractivity contribution is 7.99. The van der Waals surface area contributed by atoms with Gasteiger partial charge in [-0.05, 0) is 74.1 Å². The molecule has 5 nitrogen and oxygen atoms in total. The van der Waals surface area contributed by atoms with Gasteiger partial charge in [0, 0.05) is 9.92 Å². The Labute approximate surface area is 194 Å². The molecule has 1 N–H and O–H groups in total. The van der Waals surface area contributed by atoms with Crippen molar-refractivity contribution in [3.05, 3.63) is 82.1 Å². The monoisotopic (exact) mass is 468 g/mol. The zero-order valence-corrected chi connectivity index (χ0v) is 19.0. The molecule has 2 heterocycles. The van der Waals surface area contributed by atoms with Crippen molar-refractivity contribution in [2.45, 2.75) is 23.8 Å². The van der Waals surface area contributed by atoms with Crippen molar-refractivity contribution in [3.8, 4) is 0 Å². The summed E-state index contributed by atoms with van der Waals surface area (Å²) in [6, 6.07) is 16.7. The number of carbonyl (C=O) groups excluding carboxylic acids is 2. The second-order valence-electron chi connectivity index (χ2n) is 6.96. The van der Waals surface area contributed by atoms with E-state index in [1.54, 1.807) is 30.3 Å². The molecule has 4 rings (SSSR count). The van der Waals surface area contributed by atoms with Crippen LogP contribution in [-0.4, -0.2) is 16.9 Å². The van der Waals surface area contributed by atoms with Crippen molar-refractivity contribution in [1.29, 1.82) is 0 Å². The summed E-state index contributed by atoms with van der Waals surface area (Å²) in [6.07, 6.45) is 1.42. The van der Waals surface area contributed by atoms with Gasteiger partial charge in [0.1, 0.15) is 11.3 Å². The van der Waals surface area contributed by atoms with Gasteiger partial charge in [-0.2, -0.15) is 0 Å². The fraction of sp³-hybridized carbons (Fsp3) is 0.0870. The summed E-state index contributed by atoms with van der Waals surface area (Å²) in [5, 5.41) is 3.71. The maximum atomic E-state index is 13.1. The fourth-order valence-electron chi connectivity index (χ4n) is 2.94. The molecular weight excluding hydrogens is 452 g/mol. The number of nitrogens with zero attached hydrogens (tertiary/aromatic N) is 1. The van der Waals surface area contributed by atoms with E-state index in [-0.39, 0.29) is 10.7 Å². The van der Waals surface area contributed by atoms with Gasteiger partial charge in [0.05, 0.1) is 5.69 Å². The molecule has 2 aromatic carbocycles. The largest absolute Gasteiger partial charge is 0.450 e. The average molecular weight is 469 g/mol. The van der Waals surface area contributed by atoms with Crippen molar-refractivity contribution >= 4 is 64.3 Å². The van der Waals surface area contributed by atoms with Gasteiger partial charge >= 0.3 is 0 Å². The molecule has 0 spiro atoms. The van der Waals surface area contributed by atoms with Crippen molar-refractivity contribution < 1.29 is 14.0 Å². The highest BCUT2D eigenvalue weighted by atomic mass is 35.5. The summed E-state index contributed by atoms with van der Waals surface area (Å²) in [5.41, 5.74) is 2.45. The quantitative estimate of drug-likeness (QED) is 0.310. The number of aryl methyl sites for hydroxylation is 2. The number of rotatable bonds is 4. The standard InChI is InChI=1S/C23H17ClN2O3S2/c1-13-3-8-17(9-4-13)31-20-10-7-16(29-20)12-18-21(27)25-23(30)26(22(18)28)15-6-5-14(2)19(24)11-15/h3-12H,1-2H3,(H,25,27,30)/b18-12+. The van der Waals surface area contributed by atoms with E-state index in [2.05, 4.69) is 5.32 Å². The van der Waals surface area contributed by atoms with Gasteiger partial charge in [-0.3, -0.25) is 19.8 Å².